The van der Waals surface area contributed by atoms with Crippen molar-refractivity contribution < 1.29 is 4.43 Å². The molecule has 4 heteroatoms. The number of nitrogens with zero attached hydrogens (tertiary/aromatic N) is 2. The molecule has 0 saturated heterocycles. The lowest BCUT2D eigenvalue weighted by Gasteiger charge is -2.36. The third-order valence-corrected chi connectivity index (χ3v) is 7.56. The Morgan fingerprint density at radius 3 is 2.18 bits per heavy atom. The van der Waals surface area contributed by atoms with E-state index in [0.717, 1.165) is 5.76 Å². The van der Waals surface area contributed by atoms with Gasteiger partial charge < -0.3 is 4.43 Å². The number of rotatable bonds is 3. The number of aromatic nitrogens is 2. The molecular formula is C13H22N2OSi. The number of hydrogen-bond donors (Lipinski definition) is 0. The van der Waals surface area contributed by atoms with Crippen LogP contribution in [0.3, 0.4) is 0 Å². The summed E-state index contributed by atoms with van der Waals surface area (Å²) in [5.41, 5.74) is 0. The van der Waals surface area contributed by atoms with Crippen molar-refractivity contribution in [3.8, 4) is 0 Å². The fourth-order valence-electron chi connectivity index (χ4n) is 1.09. The molecule has 0 radical (unpaired) electrons. The van der Waals surface area contributed by atoms with Gasteiger partial charge in [0.15, 0.2) is 5.82 Å². The van der Waals surface area contributed by atoms with Gasteiger partial charge in [0, 0.05) is 12.4 Å². The van der Waals surface area contributed by atoms with Crippen LogP contribution in [0.25, 0.3) is 5.76 Å². The Kier molecular flexibility index (Phi) is 4.09. The van der Waals surface area contributed by atoms with E-state index in [2.05, 4.69) is 43.8 Å². The zero-order valence-electron chi connectivity index (χ0n) is 11.6. The first kappa shape index (κ1) is 13.9. The molecule has 0 N–H and O–H groups in total. The maximum atomic E-state index is 6.21. The van der Waals surface area contributed by atoms with Crippen LogP contribution < -0.4 is 0 Å². The maximum Gasteiger partial charge on any atom is 0.250 e. The first-order chi connectivity index (χ1) is 7.78. The summed E-state index contributed by atoms with van der Waals surface area (Å²) in [7, 11) is -1.82. The van der Waals surface area contributed by atoms with E-state index in [1.165, 1.54) is 0 Å². The van der Waals surface area contributed by atoms with Crippen LogP contribution in [0, 0.1) is 0 Å². The molecule has 0 bridgehead atoms. The third kappa shape index (κ3) is 3.39. The summed E-state index contributed by atoms with van der Waals surface area (Å²) in [6, 6.07) is 1.81. The van der Waals surface area contributed by atoms with Gasteiger partial charge in [-0.1, -0.05) is 20.8 Å². The second kappa shape index (κ2) is 5.00. The lowest BCUT2D eigenvalue weighted by atomic mass is 10.2. The fraction of sp³-hybridized carbons (Fsp3) is 0.538. The Morgan fingerprint density at radius 1 is 1.24 bits per heavy atom. The summed E-state index contributed by atoms with van der Waals surface area (Å²) < 4.78 is 6.21. The molecule has 94 valence electrons. The second-order valence-electron chi connectivity index (χ2n) is 5.59. The average molecular weight is 250 g/mol. The molecule has 0 atom stereocenters. The summed E-state index contributed by atoms with van der Waals surface area (Å²) in [5.74, 6) is 1.46. The quantitative estimate of drug-likeness (QED) is 0.603. The SMILES string of the molecule is C/C=C(\O[Si](C)(C)C(C)(C)C)c1ncccn1. The van der Waals surface area contributed by atoms with E-state index in [1.54, 1.807) is 12.4 Å². The van der Waals surface area contributed by atoms with Crippen molar-refractivity contribution in [1.29, 1.82) is 0 Å². The van der Waals surface area contributed by atoms with E-state index in [0.29, 0.717) is 5.82 Å². The molecule has 0 aliphatic heterocycles. The smallest absolute Gasteiger partial charge is 0.250 e. The topological polar surface area (TPSA) is 35.0 Å². The Labute approximate surface area is 105 Å². The molecule has 17 heavy (non-hydrogen) atoms. The molecule has 1 rings (SSSR count). The van der Waals surface area contributed by atoms with Gasteiger partial charge in [-0.3, -0.25) is 0 Å². The minimum Gasteiger partial charge on any atom is -0.541 e. The maximum absolute atomic E-state index is 6.21. The highest BCUT2D eigenvalue weighted by Crippen LogP contribution is 2.38. The zero-order valence-corrected chi connectivity index (χ0v) is 12.6. The van der Waals surface area contributed by atoms with Crippen molar-refractivity contribution in [2.24, 2.45) is 0 Å². The Hall–Kier alpha value is -1.16. The van der Waals surface area contributed by atoms with E-state index >= 15 is 0 Å². The number of hydrogen-bond acceptors (Lipinski definition) is 3. The summed E-state index contributed by atoms with van der Waals surface area (Å²) in [5, 5.41) is 0.177. The summed E-state index contributed by atoms with van der Waals surface area (Å²) in [4.78, 5) is 8.47. The lowest BCUT2D eigenvalue weighted by molar-refractivity contribution is 0.453. The highest BCUT2D eigenvalue weighted by molar-refractivity contribution is 6.74. The molecular weight excluding hydrogens is 228 g/mol. The normalized spacial score (nSPS) is 13.6. The Bertz CT molecular complexity index is 394. The van der Waals surface area contributed by atoms with Crippen LogP contribution in [0.4, 0.5) is 0 Å². The van der Waals surface area contributed by atoms with E-state index < -0.39 is 8.32 Å². The highest BCUT2D eigenvalue weighted by atomic mass is 28.4. The van der Waals surface area contributed by atoms with Gasteiger partial charge >= 0.3 is 0 Å². The minimum atomic E-state index is -1.82. The average Bonchev–Trinajstić information content (AvgIpc) is 2.25. The van der Waals surface area contributed by atoms with Crippen LogP contribution in [0.2, 0.25) is 18.1 Å². The molecule has 0 spiro atoms. The van der Waals surface area contributed by atoms with Crippen LogP contribution in [0.5, 0.6) is 0 Å². The largest absolute Gasteiger partial charge is 0.541 e. The fourth-order valence-corrected chi connectivity index (χ4v) is 2.15. The molecule has 0 unspecified atom stereocenters. The van der Waals surface area contributed by atoms with Crippen LogP contribution in [-0.2, 0) is 4.43 Å². The molecule has 0 aliphatic carbocycles. The van der Waals surface area contributed by atoms with Crippen LogP contribution in [0.15, 0.2) is 24.5 Å². The van der Waals surface area contributed by atoms with Crippen molar-refractivity contribution in [3.63, 3.8) is 0 Å². The standard InChI is InChI=1S/C13H22N2OSi/c1-7-11(12-14-9-8-10-15-12)16-17(5,6)13(2,3)4/h7-10H,1-6H3/b11-7-. The zero-order chi connectivity index (χ0) is 13.1. The van der Waals surface area contributed by atoms with Gasteiger partial charge in [0.1, 0.15) is 5.76 Å². The molecule has 0 aliphatic rings. The summed E-state index contributed by atoms with van der Waals surface area (Å²) in [6.07, 6.45) is 5.41. The summed E-state index contributed by atoms with van der Waals surface area (Å²) in [6.45, 7) is 13.1. The predicted octanol–water partition coefficient (Wildman–Crippen LogP) is 3.86. The molecule has 1 heterocycles. The van der Waals surface area contributed by atoms with Crippen molar-refractivity contribution in [2.75, 3.05) is 0 Å². The van der Waals surface area contributed by atoms with E-state index in [9.17, 15) is 0 Å². The monoisotopic (exact) mass is 250 g/mol. The van der Waals surface area contributed by atoms with E-state index in [1.807, 2.05) is 19.1 Å². The Morgan fingerprint density at radius 2 is 1.76 bits per heavy atom. The van der Waals surface area contributed by atoms with Gasteiger partial charge in [-0.05, 0) is 37.2 Å². The lowest BCUT2D eigenvalue weighted by Crippen LogP contribution is -2.40. The first-order valence-corrected chi connectivity index (χ1v) is 8.81. The van der Waals surface area contributed by atoms with Gasteiger partial charge in [-0.2, -0.15) is 0 Å². The first-order valence-electron chi connectivity index (χ1n) is 5.90. The van der Waals surface area contributed by atoms with Crippen LogP contribution >= 0.6 is 0 Å². The van der Waals surface area contributed by atoms with Crippen molar-refractivity contribution in [1.82, 2.24) is 9.97 Å². The molecule has 0 saturated carbocycles. The van der Waals surface area contributed by atoms with Gasteiger partial charge in [0.05, 0.1) is 0 Å². The van der Waals surface area contributed by atoms with Crippen LogP contribution in [0.1, 0.15) is 33.5 Å². The van der Waals surface area contributed by atoms with E-state index in [-0.39, 0.29) is 5.04 Å². The van der Waals surface area contributed by atoms with Gasteiger partial charge in [0.2, 0.25) is 0 Å². The van der Waals surface area contributed by atoms with Crippen molar-refractivity contribution in [3.05, 3.63) is 30.4 Å². The molecule has 0 amide bonds. The number of allylic oxidation sites excluding steroid dienone is 1. The van der Waals surface area contributed by atoms with Gasteiger partial charge in [-0.15, -0.1) is 0 Å². The third-order valence-electron chi connectivity index (χ3n) is 3.22. The minimum absolute atomic E-state index is 0.177. The van der Waals surface area contributed by atoms with Crippen LogP contribution in [-0.4, -0.2) is 18.3 Å². The Balaban J connectivity index is 2.94. The molecule has 1 aromatic rings. The van der Waals surface area contributed by atoms with Crippen molar-refractivity contribution in [2.45, 2.75) is 45.8 Å². The highest BCUT2D eigenvalue weighted by Gasteiger charge is 2.39. The van der Waals surface area contributed by atoms with E-state index in [4.69, 9.17) is 4.43 Å². The van der Waals surface area contributed by atoms with Gasteiger partial charge in [-0.25, -0.2) is 9.97 Å². The predicted molar refractivity (Wildman–Crippen MR) is 74.0 cm³/mol. The second-order valence-corrected chi connectivity index (χ2v) is 10.3. The molecule has 0 aromatic carbocycles. The molecule has 1 aromatic heterocycles. The summed E-state index contributed by atoms with van der Waals surface area (Å²) >= 11 is 0. The van der Waals surface area contributed by atoms with Gasteiger partial charge in [0.25, 0.3) is 8.32 Å². The molecule has 0 fully saturated rings. The van der Waals surface area contributed by atoms with Crippen molar-refractivity contribution >= 4 is 14.1 Å². The molecule has 3 nitrogen and oxygen atoms in total.